The Hall–Kier alpha value is -1.55. The van der Waals surface area contributed by atoms with Crippen LogP contribution in [0.15, 0.2) is 18.2 Å². The van der Waals surface area contributed by atoms with E-state index in [1.807, 2.05) is 20.2 Å². The zero-order valence-electron chi connectivity index (χ0n) is 12.3. The largest absolute Gasteiger partial charge is 0.496 e. The number of hydrogen-bond acceptors (Lipinski definition) is 3. The van der Waals surface area contributed by atoms with Crippen molar-refractivity contribution in [1.82, 2.24) is 10.4 Å². The summed E-state index contributed by atoms with van der Waals surface area (Å²) in [5, 5.41) is 1.67. The van der Waals surface area contributed by atoms with E-state index < -0.39 is 0 Å². The Morgan fingerprint density at radius 2 is 2.11 bits per heavy atom. The second-order valence-electron chi connectivity index (χ2n) is 4.78. The average molecular weight is 264 g/mol. The number of nitrogens with one attached hydrogen (secondary N) is 1. The topological polar surface area (TPSA) is 41.6 Å². The van der Waals surface area contributed by atoms with Gasteiger partial charge in [0, 0.05) is 20.5 Å². The van der Waals surface area contributed by atoms with Crippen molar-refractivity contribution in [2.75, 3.05) is 21.2 Å². The van der Waals surface area contributed by atoms with E-state index in [2.05, 4.69) is 24.5 Å². The molecule has 0 aromatic heterocycles. The molecule has 0 spiro atoms. The van der Waals surface area contributed by atoms with E-state index in [-0.39, 0.29) is 5.91 Å². The predicted octanol–water partition coefficient (Wildman–Crippen LogP) is 2.17. The first kappa shape index (κ1) is 15.5. The van der Waals surface area contributed by atoms with Gasteiger partial charge in [-0.1, -0.05) is 19.1 Å². The van der Waals surface area contributed by atoms with Gasteiger partial charge in [-0.3, -0.25) is 10.2 Å². The number of benzene rings is 1. The van der Waals surface area contributed by atoms with Gasteiger partial charge in [0.15, 0.2) is 0 Å². The molecule has 0 fully saturated rings. The molecule has 1 N–H and O–H groups in total. The van der Waals surface area contributed by atoms with Crippen LogP contribution in [-0.4, -0.2) is 32.1 Å². The quantitative estimate of drug-likeness (QED) is 0.767. The van der Waals surface area contributed by atoms with E-state index >= 15 is 0 Å². The molecule has 19 heavy (non-hydrogen) atoms. The van der Waals surface area contributed by atoms with Crippen LogP contribution in [0.25, 0.3) is 0 Å². The Labute approximate surface area is 115 Å². The molecule has 4 nitrogen and oxygen atoms in total. The number of hydrazine groups is 1. The molecule has 1 aromatic carbocycles. The summed E-state index contributed by atoms with van der Waals surface area (Å²) in [4.78, 5) is 11.5. The third-order valence-electron chi connectivity index (χ3n) is 2.95. The van der Waals surface area contributed by atoms with Crippen LogP contribution in [0.3, 0.4) is 0 Å². The number of carbonyl (C=O) groups excluding carboxylic acids is 1. The van der Waals surface area contributed by atoms with E-state index in [1.54, 1.807) is 12.1 Å². The van der Waals surface area contributed by atoms with Crippen molar-refractivity contribution in [3.63, 3.8) is 0 Å². The maximum absolute atomic E-state index is 11.5. The first-order valence-electron chi connectivity index (χ1n) is 6.69. The maximum Gasteiger partial charge on any atom is 0.234 e. The first-order valence-corrected chi connectivity index (χ1v) is 6.69. The molecule has 0 unspecified atom stereocenters. The highest BCUT2D eigenvalue weighted by Gasteiger charge is 2.06. The minimum atomic E-state index is 0.0515. The van der Waals surface area contributed by atoms with Gasteiger partial charge in [0.2, 0.25) is 5.91 Å². The second kappa shape index (κ2) is 7.79. The molecule has 0 aliphatic carbocycles. The van der Waals surface area contributed by atoms with Crippen LogP contribution in [0.5, 0.6) is 5.75 Å². The Balaban J connectivity index is 2.54. The van der Waals surface area contributed by atoms with Gasteiger partial charge in [-0.15, -0.1) is 0 Å². The van der Waals surface area contributed by atoms with Gasteiger partial charge in [0.05, 0.1) is 7.11 Å². The Morgan fingerprint density at radius 3 is 2.68 bits per heavy atom. The predicted molar refractivity (Wildman–Crippen MR) is 77.1 cm³/mol. The monoisotopic (exact) mass is 264 g/mol. The highest BCUT2D eigenvalue weighted by atomic mass is 16.5. The van der Waals surface area contributed by atoms with Gasteiger partial charge < -0.3 is 4.74 Å². The minimum absolute atomic E-state index is 0.0515. The highest BCUT2D eigenvalue weighted by Crippen LogP contribution is 2.22. The number of nitrogens with zero attached hydrogens (tertiary/aromatic N) is 1. The Kier molecular flexibility index (Phi) is 6.36. The van der Waals surface area contributed by atoms with E-state index in [0.717, 1.165) is 25.0 Å². The highest BCUT2D eigenvalue weighted by molar-refractivity contribution is 5.75. The lowest BCUT2D eigenvalue weighted by Crippen LogP contribution is -2.35. The summed E-state index contributed by atoms with van der Waals surface area (Å²) in [5.74, 6) is 0.959. The van der Waals surface area contributed by atoms with Gasteiger partial charge in [0.25, 0.3) is 0 Å². The van der Waals surface area contributed by atoms with E-state index in [9.17, 15) is 4.79 Å². The number of amides is 1. The maximum atomic E-state index is 11.5. The van der Waals surface area contributed by atoms with Crippen molar-refractivity contribution < 1.29 is 9.53 Å². The third kappa shape index (κ3) is 5.30. The summed E-state index contributed by atoms with van der Waals surface area (Å²) in [7, 11) is 5.31. The van der Waals surface area contributed by atoms with Gasteiger partial charge >= 0.3 is 0 Å². The molecule has 0 bridgehead atoms. The molecular weight excluding hydrogens is 240 g/mol. The summed E-state index contributed by atoms with van der Waals surface area (Å²) >= 11 is 0. The van der Waals surface area contributed by atoms with Crippen LogP contribution in [0.1, 0.15) is 30.9 Å². The van der Waals surface area contributed by atoms with Crippen molar-refractivity contribution in [2.45, 2.75) is 32.6 Å². The molecular formula is C15H24N2O2. The summed E-state index contributed by atoms with van der Waals surface area (Å²) in [6.07, 6.45) is 3.22. The van der Waals surface area contributed by atoms with Crippen LogP contribution in [0, 0.1) is 0 Å². The molecule has 1 amide bonds. The third-order valence-corrected chi connectivity index (χ3v) is 2.95. The normalized spacial score (nSPS) is 10.6. The molecule has 0 atom stereocenters. The van der Waals surface area contributed by atoms with Gasteiger partial charge in [-0.25, -0.2) is 5.01 Å². The van der Waals surface area contributed by atoms with Crippen LogP contribution in [0.4, 0.5) is 0 Å². The summed E-state index contributed by atoms with van der Waals surface area (Å²) in [5.41, 5.74) is 5.22. The average Bonchev–Trinajstić information content (AvgIpc) is 2.37. The van der Waals surface area contributed by atoms with Crippen molar-refractivity contribution in [3.05, 3.63) is 29.3 Å². The molecule has 106 valence electrons. The van der Waals surface area contributed by atoms with Crippen LogP contribution < -0.4 is 10.2 Å². The molecule has 0 radical (unpaired) electrons. The number of carbonyl (C=O) groups is 1. The lowest BCUT2D eigenvalue weighted by Gasteiger charge is -2.12. The zero-order chi connectivity index (χ0) is 14.3. The minimum Gasteiger partial charge on any atom is -0.496 e. The zero-order valence-corrected chi connectivity index (χ0v) is 12.3. The molecule has 0 saturated carbocycles. The smallest absolute Gasteiger partial charge is 0.234 e. The van der Waals surface area contributed by atoms with E-state index in [4.69, 9.17) is 4.74 Å². The van der Waals surface area contributed by atoms with Crippen molar-refractivity contribution in [2.24, 2.45) is 0 Å². The molecule has 0 saturated heterocycles. The van der Waals surface area contributed by atoms with Crippen LogP contribution in [-0.2, 0) is 17.6 Å². The Morgan fingerprint density at radius 1 is 1.37 bits per heavy atom. The van der Waals surface area contributed by atoms with Gasteiger partial charge in [-0.2, -0.15) is 0 Å². The fraction of sp³-hybridized carbons (Fsp3) is 0.533. The van der Waals surface area contributed by atoms with Gasteiger partial charge in [0.1, 0.15) is 5.75 Å². The molecule has 4 heteroatoms. The van der Waals surface area contributed by atoms with Crippen molar-refractivity contribution in [3.8, 4) is 5.75 Å². The number of rotatable bonds is 7. The first-order chi connectivity index (χ1) is 9.06. The Bertz CT molecular complexity index is 417. The fourth-order valence-electron chi connectivity index (χ4n) is 1.99. The van der Waals surface area contributed by atoms with Crippen molar-refractivity contribution in [1.29, 1.82) is 0 Å². The molecule has 1 aromatic rings. The van der Waals surface area contributed by atoms with E-state index in [1.165, 1.54) is 11.1 Å². The van der Waals surface area contributed by atoms with E-state index in [0.29, 0.717) is 6.42 Å². The lowest BCUT2D eigenvalue weighted by atomic mass is 10.0. The standard InChI is InChI=1S/C15H24N2O2/c1-5-12-9-10-14(19-4)13(11-12)7-6-8-15(18)16-17(2)3/h9-11H,5-8H2,1-4H3,(H,16,18). The summed E-state index contributed by atoms with van der Waals surface area (Å²) in [6.45, 7) is 2.14. The summed E-state index contributed by atoms with van der Waals surface area (Å²) < 4.78 is 5.36. The number of ether oxygens (including phenoxy) is 1. The molecule has 1 rings (SSSR count). The number of hydrogen-bond donors (Lipinski definition) is 1. The SMILES string of the molecule is CCc1ccc(OC)c(CCCC(=O)NN(C)C)c1. The second-order valence-corrected chi connectivity index (χ2v) is 4.78. The summed E-state index contributed by atoms with van der Waals surface area (Å²) in [6, 6.07) is 6.26. The van der Waals surface area contributed by atoms with Crippen LogP contribution >= 0.6 is 0 Å². The van der Waals surface area contributed by atoms with Crippen LogP contribution in [0.2, 0.25) is 0 Å². The fourth-order valence-corrected chi connectivity index (χ4v) is 1.99. The number of methoxy groups -OCH3 is 1. The molecule has 0 aliphatic rings. The molecule has 0 heterocycles. The van der Waals surface area contributed by atoms with Gasteiger partial charge in [-0.05, 0) is 36.5 Å². The van der Waals surface area contributed by atoms with Crippen molar-refractivity contribution >= 4 is 5.91 Å². The number of aryl methyl sites for hydroxylation is 2. The molecule has 0 aliphatic heterocycles. The lowest BCUT2D eigenvalue weighted by molar-refractivity contribution is -0.124.